The van der Waals surface area contributed by atoms with Crippen LogP contribution in [0.4, 0.5) is 0 Å². The molecule has 1 unspecified atom stereocenters. The van der Waals surface area contributed by atoms with Crippen molar-refractivity contribution in [1.82, 2.24) is 24.9 Å². The van der Waals surface area contributed by atoms with Gasteiger partial charge in [0.05, 0.1) is 31.9 Å². The molecule has 1 aliphatic rings. The number of ether oxygens (including phenoxy) is 1. The Labute approximate surface area is 310 Å². The van der Waals surface area contributed by atoms with Crippen molar-refractivity contribution in [3.8, 4) is 0 Å². The predicted molar refractivity (Wildman–Crippen MR) is 192 cm³/mol. The summed E-state index contributed by atoms with van der Waals surface area (Å²) in [5, 5.41) is 2.27. The Kier molecular flexibility index (Phi) is 19.0. The van der Waals surface area contributed by atoms with E-state index in [1.54, 1.807) is 4.90 Å². The van der Waals surface area contributed by atoms with Crippen LogP contribution in [0.1, 0.15) is 32.8 Å². The zero-order valence-corrected chi connectivity index (χ0v) is 32.0. The molecule has 1 amide bonds. The van der Waals surface area contributed by atoms with E-state index in [-0.39, 0.29) is 57.4 Å². The van der Waals surface area contributed by atoms with Crippen molar-refractivity contribution in [3.05, 3.63) is 35.9 Å². The molecule has 0 radical (unpaired) electrons. The van der Waals surface area contributed by atoms with Crippen molar-refractivity contribution in [2.75, 3.05) is 90.0 Å². The molecule has 0 aromatic heterocycles. The van der Waals surface area contributed by atoms with E-state index in [0.717, 1.165) is 12.5 Å². The number of hydrogen-bond donors (Lipinski definition) is 3. The number of hydrogen-bond acceptors (Lipinski definition) is 15. The minimum absolute atomic E-state index is 0.0535. The Balaban J connectivity index is 2.28. The normalized spacial score (nSPS) is 17.5. The molecule has 1 heterocycles. The molecule has 1 aliphatic heterocycles. The highest BCUT2D eigenvalue weighted by Gasteiger charge is 2.32. The topological polar surface area (TPSA) is 245 Å². The van der Waals surface area contributed by atoms with Gasteiger partial charge in [0.2, 0.25) is 5.91 Å². The van der Waals surface area contributed by atoms with Gasteiger partial charge in [0, 0.05) is 64.7 Å². The fourth-order valence-electron chi connectivity index (χ4n) is 5.64. The van der Waals surface area contributed by atoms with E-state index in [2.05, 4.69) is 5.32 Å². The van der Waals surface area contributed by atoms with E-state index >= 15 is 0 Å². The Morgan fingerprint density at radius 3 is 1.53 bits per heavy atom. The first-order chi connectivity index (χ1) is 24.7. The summed E-state index contributed by atoms with van der Waals surface area (Å²) >= 11 is 0. The zero-order valence-electron chi connectivity index (χ0n) is 30.3. The highest BCUT2D eigenvalue weighted by molar-refractivity contribution is 7.86. The van der Waals surface area contributed by atoms with Gasteiger partial charge in [-0.1, -0.05) is 30.3 Å². The second-order valence-corrected chi connectivity index (χ2v) is 16.2. The van der Waals surface area contributed by atoms with Gasteiger partial charge in [0.25, 0.3) is 20.2 Å². The molecule has 20 heteroatoms. The molecule has 0 bridgehead atoms. The quantitative estimate of drug-likeness (QED) is 0.107. The minimum atomic E-state index is -4.85. The Morgan fingerprint density at radius 2 is 1.11 bits per heavy atom. The van der Waals surface area contributed by atoms with E-state index in [9.17, 15) is 54.7 Å². The SMILES string of the molecule is CC(=O)CN1CCN(CC(C)=O)CCN(CC(=O)OCc2ccccc2)CCN(CC(=O)NC(CS(=O)(=O)O)C(=O)C[C@@H](CS(=O)(=O)O)C(C)=O)CC1. The van der Waals surface area contributed by atoms with Crippen LogP contribution in [0.25, 0.3) is 0 Å². The van der Waals surface area contributed by atoms with Crippen LogP contribution in [0, 0.1) is 5.92 Å². The van der Waals surface area contributed by atoms with Crippen molar-refractivity contribution in [2.24, 2.45) is 5.92 Å². The van der Waals surface area contributed by atoms with E-state index in [0.29, 0.717) is 32.7 Å². The van der Waals surface area contributed by atoms with Crippen LogP contribution in [0.2, 0.25) is 0 Å². The summed E-state index contributed by atoms with van der Waals surface area (Å²) in [7, 11) is -9.55. The van der Waals surface area contributed by atoms with Gasteiger partial charge >= 0.3 is 5.97 Å². The maximum absolute atomic E-state index is 13.3. The smallest absolute Gasteiger partial charge is 0.320 e. The van der Waals surface area contributed by atoms with Crippen LogP contribution < -0.4 is 5.32 Å². The molecular formula is C33H51N5O13S2. The molecule has 18 nitrogen and oxygen atoms in total. The van der Waals surface area contributed by atoms with Crippen LogP contribution in [0.15, 0.2) is 30.3 Å². The van der Waals surface area contributed by atoms with E-state index < -0.39 is 80.1 Å². The predicted octanol–water partition coefficient (Wildman–Crippen LogP) is -1.45. The standard InChI is InChI=1S/C33H51N5O13S2/c1-25(39)18-35-9-10-36(19-26(2)40)12-15-38(21-33(44)51-22-28-7-5-4-6-8-28)16-14-37(13-11-35)20-32(43)34-30(24-53(48,49)50)31(42)17-29(27(3)41)23-52(45,46)47/h4-8,29-30H,9-24H2,1-3H3,(H,34,43)(H,45,46,47)(H,48,49,50)/t29-,30?/m0/s1. The van der Waals surface area contributed by atoms with Crippen molar-refractivity contribution < 1.29 is 59.4 Å². The lowest BCUT2D eigenvalue weighted by Gasteiger charge is -2.33. The Hall–Kier alpha value is -3.50. The molecule has 53 heavy (non-hydrogen) atoms. The third kappa shape index (κ3) is 20.5. The molecule has 0 saturated carbocycles. The lowest BCUT2D eigenvalue weighted by atomic mass is 9.97. The number of benzene rings is 1. The van der Waals surface area contributed by atoms with Gasteiger partial charge in [0.15, 0.2) is 5.78 Å². The van der Waals surface area contributed by atoms with Gasteiger partial charge in [-0.3, -0.25) is 57.5 Å². The summed E-state index contributed by atoms with van der Waals surface area (Å²) in [5.41, 5.74) is 0.801. The second kappa shape index (κ2) is 22.0. The molecule has 0 aliphatic carbocycles. The van der Waals surface area contributed by atoms with Gasteiger partial charge in [-0.2, -0.15) is 16.8 Å². The van der Waals surface area contributed by atoms with Gasteiger partial charge in [-0.25, -0.2) is 0 Å². The Morgan fingerprint density at radius 1 is 0.679 bits per heavy atom. The van der Waals surface area contributed by atoms with Gasteiger partial charge < -0.3 is 10.1 Å². The fraction of sp³-hybridized carbons (Fsp3) is 0.636. The summed E-state index contributed by atoms with van der Waals surface area (Å²) in [6.07, 6.45) is -0.838. The molecule has 298 valence electrons. The number of carbonyl (C=O) groups excluding carboxylic acids is 6. The lowest BCUT2D eigenvalue weighted by Crippen LogP contribution is -2.52. The molecule has 1 aromatic rings. The van der Waals surface area contributed by atoms with Crippen molar-refractivity contribution in [2.45, 2.75) is 39.8 Å². The van der Waals surface area contributed by atoms with Gasteiger partial charge in [0.1, 0.15) is 35.8 Å². The number of nitrogens with zero attached hydrogens (tertiary/aromatic N) is 4. The molecule has 3 N–H and O–H groups in total. The van der Waals surface area contributed by atoms with Crippen molar-refractivity contribution >= 4 is 55.2 Å². The molecule has 1 aromatic carbocycles. The third-order valence-electron chi connectivity index (χ3n) is 8.32. The van der Waals surface area contributed by atoms with Crippen molar-refractivity contribution in [3.63, 3.8) is 0 Å². The monoisotopic (exact) mass is 789 g/mol. The molecule has 1 saturated heterocycles. The van der Waals surface area contributed by atoms with Crippen molar-refractivity contribution in [1.29, 1.82) is 0 Å². The number of amides is 1. The third-order valence-corrected chi connectivity index (χ3v) is 9.90. The molecular weight excluding hydrogens is 739 g/mol. The molecule has 2 atom stereocenters. The second-order valence-electron chi connectivity index (χ2n) is 13.3. The molecule has 0 spiro atoms. The number of nitrogens with one attached hydrogen (secondary N) is 1. The maximum Gasteiger partial charge on any atom is 0.320 e. The number of Topliss-reactive ketones (excluding diaryl/α,β-unsaturated/α-hetero) is 4. The fourth-order valence-corrected chi connectivity index (χ4v) is 7.19. The largest absolute Gasteiger partial charge is 0.460 e. The number of ketones is 4. The Bertz CT molecular complexity index is 1640. The van der Waals surface area contributed by atoms with Crippen LogP contribution in [0.5, 0.6) is 0 Å². The number of carbonyl (C=O) groups is 6. The van der Waals surface area contributed by atoms with Crippen LogP contribution in [0.3, 0.4) is 0 Å². The summed E-state index contributed by atoms with van der Waals surface area (Å²) in [4.78, 5) is 82.7. The van der Waals surface area contributed by atoms with Gasteiger partial charge in [-0.15, -0.1) is 0 Å². The summed E-state index contributed by atoms with van der Waals surface area (Å²) in [6.45, 7) is 6.20. The first-order valence-corrected chi connectivity index (χ1v) is 20.2. The first kappa shape index (κ1) is 45.7. The van der Waals surface area contributed by atoms with Gasteiger partial charge in [-0.05, 0) is 26.3 Å². The first-order valence-electron chi connectivity index (χ1n) is 17.0. The molecule has 2 rings (SSSR count). The highest BCUT2D eigenvalue weighted by Crippen LogP contribution is 2.12. The summed E-state index contributed by atoms with van der Waals surface area (Å²) < 4.78 is 70.5. The average Bonchev–Trinajstić information content (AvgIpc) is 3.03. The van der Waals surface area contributed by atoms with Crippen LogP contribution >= 0.6 is 0 Å². The van der Waals surface area contributed by atoms with Crippen LogP contribution in [-0.2, 0) is 60.3 Å². The van der Waals surface area contributed by atoms with E-state index in [1.807, 2.05) is 45.0 Å². The lowest BCUT2D eigenvalue weighted by molar-refractivity contribution is -0.146. The summed E-state index contributed by atoms with van der Waals surface area (Å²) in [6, 6.07) is 7.25. The highest BCUT2D eigenvalue weighted by atomic mass is 32.2. The zero-order chi connectivity index (χ0) is 39.8. The average molecular weight is 790 g/mol. The minimum Gasteiger partial charge on any atom is -0.460 e. The van der Waals surface area contributed by atoms with E-state index in [1.165, 1.54) is 13.8 Å². The summed E-state index contributed by atoms with van der Waals surface area (Å²) in [5.74, 6) is -7.22. The number of esters is 1. The maximum atomic E-state index is 13.3. The van der Waals surface area contributed by atoms with E-state index in [4.69, 9.17) is 4.74 Å². The molecule has 1 fully saturated rings. The number of rotatable bonds is 19. The van der Waals surface area contributed by atoms with Crippen LogP contribution in [-0.4, -0.2) is 177 Å².